The number of hydrogen-bond acceptors (Lipinski definition) is 7. The zero-order chi connectivity index (χ0) is 26.6. The van der Waals surface area contributed by atoms with Gasteiger partial charge in [0.25, 0.3) is 0 Å². The molecule has 37 heavy (non-hydrogen) atoms. The van der Waals surface area contributed by atoms with Gasteiger partial charge in [-0.25, -0.2) is 18.9 Å². The van der Waals surface area contributed by atoms with Gasteiger partial charge in [0.15, 0.2) is 6.29 Å². The lowest BCUT2D eigenvalue weighted by Crippen LogP contribution is -2.32. The molecular formula is C27H31N2O7P. The van der Waals surface area contributed by atoms with Crippen molar-refractivity contribution in [2.75, 3.05) is 34.8 Å². The van der Waals surface area contributed by atoms with Crippen molar-refractivity contribution in [3.63, 3.8) is 0 Å². The Kier molecular flexibility index (Phi) is 8.42. The fourth-order valence-corrected chi connectivity index (χ4v) is 5.59. The van der Waals surface area contributed by atoms with E-state index in [9.17, 15) is 14.2 Å². The Bertz CT molecular complexity index is 1290. The Morgan fingerprint density at radius 3 is 2.19 bits per heavy atom. The molecule has 1 saturated heterocycles. The Hall–Kier alpha value is -3.07. The summed E-state index contributed by atoms with van der Waals surface area (Å²) >= 11 is 0. The lowest BCUT2D eigenvalue weighted by Gasteiger charge is -2.31. The molecule has 0 saturated carbocycles. The summed E-state index contributed by atoms with van der Waals surface area (Å²) < 4.78 is 39.4. The summed E-state index contributed by atoms with van der Waals surface area (Å²) in [5.74, 6) is -1.07. The van der Waals surface area contributed by atoms with E-state index in [0.29, 0.717) is 11.1 Å². The van der Waals surface area contributed by atoms with Crippen LogP contribution in [-0.4, -0.2) is 74.6 Å². The maximum Gasteiger partial charge on any atom is 0.347 e. The van der Waals surface area contributed by atoms with E-state index in [1.54, 1.807) is 70.7 Å². The predicted octanol–water partition coefficient (Wildman–Crippen LogP) is 4.59. The Labute approximate surface area is 216 Å². The molecule has 0 aromatic heterocycles. The van der Waals surface area contributed by atoms with E-state index < -0.39 is 38.1 Å². The van der Waals surface area contributed by atoms with E-state index in [4.69, 9.17) is 18.7 Å². The van der Waals surface area contributed by atoms with Gasteiger partial charge in [-0.2, -0.15) is 0 Å². The number of fused-ring (bicyclic) bond motifs is 1. The molecule has 0 unspecified atom stereocenters. The first-order valence-electron chi connectivity index (χ1n) is 11.9. The second-order valence-electron chi connectivity index (χ2n) is 9.10. The maximum absolute atomic E-state index is 13.4. The van der Waals surface area contributed by atoms with Crippen molar-refractivity contribution in [3.05, 3.63) is 83.9 Å². The first kappa shape index (κ1) is 27.0. The lowest BCUT2D eigenvalue weighted by molar-refractivity contribution is -0.101. The van der Waals surface area contributed by atoms with Crippen LogP contribution in [0.4, 0.5) is 0 Å². The molecule has 1 aliphatic heterocycles. The largest absolute Gasteiger partial charge is 0.459 e. The molecule has 4 rings (SSSR count). The predicted molar refractivity (Wildman–Crippen MR) is 139 cm³/mol. The third-order valence-corrected chi connectivity index (χ3v) is 8.60. The molecule has 10 heteroatoms. The van der Waals surface area contributed by atoms with Crippen LogP contribution in [0.25, 0.3) is 10.8 Å². The van der Waals surface area contributed by atoms with E-state index in [-0.39, 0.29) is 13.0 Å². The summed E-state index contributed by atoms with van der Waals surface area (Å²) in [5, 5.41) is 1.91. The van der Waals surface area contributed by atoms with Gasteiger partial charge in [0.2, 0.25) is 0 Å². The average Bonchev–Trinajstić information content (AvgIpc) is 3.27. The molecular weight excluding hydrogens is 495 g/mol. The zero-order valence-electron chi connectivity index (χ0n) is 21.3. The lowest BCUT2D eigenvalue weighted by atomic mass is 10.1. The molecule has 0 N–H and O–H groups in total. The molecule has 0 radical (unpaired) electrons. The van der Waals surface area contributed by atoms with Crippen molar-refractivity contribution < 1.29 is 32.9 Å². The standard InChI is InChI=1S/C27H31N2O7P/c1-28(2)37(32,29(3)4)36-25-17-23(24(34-25)18-33-26(30)20-11-6-5-7-12-20)35-27(31)22-15-14-19-10-8-9-13-21(19)16-22/h5-16,23-25H,17-18H2,1-4H3/t23-,24+,25-/m0/s1. The second-order valence-corrected chi connectivity index (χ2v) is 11.9. The van der Waals surface area contributed by atoms with Gasteiger partial charge >= 0.3 is 19.6 Å². The summed E-state index contributed by atoms with van der Waals surface area (Å²) in [5.41, 5.74) is 0.776. The highest BCUT2D eigenvalue weighted by molar-refractivity contribution is 7.53. The molecule has 1 fully saturated rings. The molecule has 3 atom stereocenters. The minimum absolute atomic E-state index is 0.124. The Balaban J connectivity index is 1.50. The van der Waals surface area contributed by atoms with Gasteiger partial charge in [0, 0.05) is 6.42 Å². The van der Waals surface area contributed by atoms with Crippen molar-refractivity contribution in [1.29, 1.82) is 0 Å². The number of benzene rings is 3. The zero-order valence-corrected chi connectivity index (χ0v) is 22.2. The molecule has 0 spiro atoms. The Morgan fingerprint density at radius 2 is 1.51 bits per heavy atom. The molecule has 1 heterocycles. The van der Waals surface area contributed by atoms with E-state index >= 15 is 0 Å². The van der Waals surface area contributed by atoms with Crippen LogP contribution in [0.1, 0.15) is 27.1 Å². The van der Waals surface area contributed by atoms with Crippen LogP contribution in [0.3, 0.4) is 0 Å². The van der Waals surface area contributed by atoms with Gasteiger partial charge in [0.05, 0.1) is 11.1 Å². The van der Waals surface area contributed by atoms with Gasteiger partial charge < -0.3 is 14.2 Å². The summed E-state index contributed by atoms with van der Waals surface area (Å²) in [6, 6.07) is 21.6. The summed E-state index contributed by atoms with van der Waals surface area (Å²) in [6.45, 7) is -0.169. The number of esters is 2. The summed E-state index contributed by atoms with van der Waals surface area (Å²) in [4.78, 5) is 25.6. The number of carbonyl (C=O) groups excluding carboxylic acids is 2. The third kappa shape index (κ3) is 6.26. The Morgan fingerprint density at radius 1 is 0.865 bits per heavy atom. The average molecular weight is 527 g/mol. The summed E-state index contributed by atoms with van der Waals surface area (Å²) in [7, 11) is 3.20. The first-order chi connectivity index (χ1) is 17.7. The van der Waals surface area contributed by atoms with E-state index in [2.05, 4.69) is 0 Å². The number of nitrogens with zero attached hydrogens (tertiary/aromatic N) is 2. The summed E-state index contributed by atoms with van der Waals surface area (Å²) in [6.07, 6.45) is -2.41. The molecule has 0 amide bonds. The van der Waals surface area contributed by atoms with Crippen LogP contribution < -0.4 is 0 Å². The molecule has 3 aromatic carbocycles. The van der Waals surface area contributed by atoms with Gasteiger partial charge in [-0.05, 0) is 63.2 Å². The molecule has 1 aliphatic rings. The number of carbonyl (C=O) groups is 2. The van der Waals surface area contributed by atoms with E-state index in [0.717, 1.165) is 10.8 Å². The minimum Gasteiger partial charge on any atom is -0.459 e. The van der Waals surface area contributed by atoms with Gasteiger partial charge in [0.1, 0.15) is 18.8 Å². The van der Waals surface area contributed by atoms with Crippen molar-refractivity contribution >= 4 is 30.4 Å². The molecule has 196 valence electrons. The van der Waals surface area contributed by atoms with E-state index in [1.807, 2.05) is 30.3 Å². The van der Waals surface area contributed by atoms with Crippen molar-refractivity contribution in [3.8, 4) is 0 Å². The molecule has 0 aliphatic carbocycles. The van der Waals surface area contributed by atoms with Crippen molar-refractivity contribution in [2.24, 2.45) is 0 Å². The first-order valence-corrected chi connectivity index (χ1v) is 13.4. The fourth-order valence-electron chi connectivity index (χ4n) is 4.05. The quantitative estimate of drug-likeness (QED) is 0.293. The highest BCUT2D eigenvalue weighted by Crippen LogP contribution is 2.53. The topological polar surface area (TPSA) is 94.6 Å². The monoisotopic (exact) mass is 526 g/mol. The highest BCUT2D eigenvalue weighted by atomic mass is 31.2. The molecule has 0 bridgehead atoms. The number of hydrogen-bond donors (Lipinski definition) is 0. The van der Waals surface area contributed by atoms with Gasteiger partial charge in [-0.15, -0.1) is 0 Å². The smallest absolute Gasteiger partial charge is 0.347 e. The second kappa shape index (κ2) is 11.5. The highest BCUT2D eigenvalue weighted by Gasteiger charge is 2.44. The van der Waals surface area contributed by atoms with Crippen LogP contribution in [0, 0.1) is 0 Å². The fraction of sp³-hybridized carbons (Fsp3) is 0.333. The van der Waals surface area contributed by atoms with Crippen molar-refractivity contribution in [1.82, 2.24) is 9.34 Å². The van der Waals surface area contributed by atoms with Crippen molar-refractivity contribution in [2.45, 2.75) is 24.9 Å². The minimum atomic E-state index is -3.38. The van der Waals surface area contributed by atoms with Crippen LogP contribution in [0.2, 0.25) is 0 Å². The van der Waals surface area contributed by atoms with Gasteiger partial charge in [-0.3, -0.25) is 9.09 Å². The van der Waals surface area contributed by atoms with Crippen LogP contribution in [0.15, 0.2) is 72.8 Å². The van der Waals surface area contributed by atoms with E-state index in [1.165, 1.54) is 9.34 Å². The number of rotatable bonds is 9. The third-order valence-electron chi connectivity index (χ3n) is 6.06. The molecule has 9 nitrogen and oxygen atoms in total. The van der Waals surface area contributed by atoms with Crippen LogP contribution in [-0.2, 0) is 23.3 Å². The molecule has 3 aromatic rings. The van der Waals surface area contributed by atoms with Gasteiger partial charge in [-0.1, -0.05) is 48.5 Å². The number of ether oxygens (including phenoxy) is 3. The van der Waals surface area contributed by atoms with Crippen LogP contribution >= 0.6 is 7.67 Å². The maximum atomic E-state index is 13.4. The SMILES string of the molecule is CN(C)P(=O)(O[C@H]1C[C@H](OC(=O)c2ccc3ccccc3c2)[C@@H](COC(=O)c2ccccc2)O1)N(C)C. The normalized spacial score (nSPS) is 19.9. The van der Waals surface area contributed by atoms with Crippen LogP contribution in [0.5, 0.6) is 0 Å².